The van der Waals surface area contributed by atoms with Crippen molar-refractivity contribution >= 4 is 28.4 Å². The summed E-state index contributed by atoms with van der Waals surface area (Å²) in [5.74, 6) is -1.78. The maximum absolute atomic E-state index is 14.0. The number of hydrogen-bond acceptors (Lipinski definition) is 4. The number of amides is 1. The quantitative estimate of drug-likeness (QED) is 0.543. The number of aromatic nitrogens is 1. The number of rotatable bonds is 8. The Balaban J connectivity index is 1.72. The predicted molar refractivity (Wildman–Crippen MR) is 124 cm³/mol. The number of nitriles is 1. The molecule has 1 aromatic carbocycles. The van der Waals surface area contributed by atoms with Crippen LogP contribution in [0.25, 0.3) is 10.9 Å². The number of benzene rings is 1. The highest BCUT2D eigenvalue weighted by Crippen LogP contribution is 2.29. The van der Waals surface area contributed by atoms with Gasteiger partial charge in [0.1, 0.15) is 17.6 Å². The van der Waals surface area contributed by atoms with Crippen molar-refractivity contribution < 1.29 is 18.8 Å². The summed E-state index contributed by atoms with van der Waals surface area (Å²) in [7, 11) is 0. The Morgan fingerprint density at radius 3 is 2.70 bits per heavy atom. The summed E-state index contributed by atoms with van der Waals surface area (Å²) < 4.78 is 14.0. The van der Waals surface area contributed by atoms with Crippen molar-refractivity contribution in [2.45, 2.75) is 71.8 Å². The minimum absolute atomic E-state index is 0.0575. The van der Waals surface area contributed by atoms with E-state index in [0.717, 1.165) is 19.3 Å². The number of fused-ring (bicyclic) bond motifs is 1. The maximum atomic E-state index is 14.0. The fourth-order valence-corrected chi connectivity index (χ4v) is 4.62. The van der Waals surface area contributed by atoms with Crippen LogP contribution in [-0.4, -0.2) is 28.5 Å². The molecule has 176 valence electrons. The summed E-state index contributed by atoms with van der Waals surface area (Å²) in [5.41, 5.74) is 0.293. The van der Waals surface area contributed by atoms with Crippen LogP contribution in [0.3, 0.4) is 0 Å². The predicted octanol–water partition coefficient (Wildman–Crippen LogP) is 5.09. The molecule has 0 radical (unpaired) electrons. The van der Waals surface area contributed by atoms with Crippen molar-refractivity contribution in [2.75, 3.05) is 0 Å². The van der Waals surface area contributed by atoms with Crippen LogP contribution in [-0.2, 0) is 9.59 Å². The van der Waals surface area contributed by atoms with Crippen LogP contribution in [0.15, 0.2) is 24.3 Å². The second kappa shape index (κ2) is 10.3. The number of halogens is 1. The summed E-state index contributed by atoms with van der Waals surface area (Å²) in [5, 5.41) is 13.0. The van der Waals surface area contributed by atoms with Gasteiger partial charge in [0.15, 0.2) is 5.78 Å². The van der Waals surface area contributed by atoms with E-state index in [4.69, 9.17) is 0 Å². The lowest BCUT2D eigenvalue weighted by atomic mass is 9.81. The lowest BCUT2D eigenvalue weighted by molar-refractivity contribution is -0.128. The molecule has 0 spiro atoms. The molecular weight excluding hydrogens is 421 g/mol. The van der Waals surface area contributed by atoms with E-state index in [0.29, 0.717) is 24.6 Å². The molecule has 1 aromatic heterocycles. The molecule has 0 bridgehead atoms. The third-order valence-corrected chi connectivity index (χ3v) is 6.24. The first-order valence-electron chi connectivity index (χ1n) is 11.6. The molecule has 0 aliphatic heterocycles. The second-order valence-corrected chi connectivity index (χ2v) is 10.3. The van der Waals surface area contributed by atoms with Crippen molar-refractivity contribution in [1.82, 2.24) is 10.3 Å². The lowest BCUT2D eigenvalue weighted by Crippen LogP contribution is -2.42. The van der Waals surface area contributed by atoms with Gasteiger partial charge in [-0.15, -0.1) is 0 Å². The number of hydrogen-bond donors (Lipinski definition) is 2. The Morgan fingerprint density at radius 2 is 2.06 bits per heavy atom. The fraction of sp³-hybridized carbons (Fsp3) is 0.538. The first-order valence-corrected chi connectivity index (χ1v) is 11.6. The van der Waals surface area contributed by atoms with Gasteiger partial charge in [-0.2, -0.15) is 5.26 Å². The van der Waals surface area contributed by atoms with Gasteiger partial charge in [-0.1, -0.05) is 39.3 Å². The molecule has 1 heterocycles. The Kier molecular flexibility index (Phi) is 7.68. The molecule has 1 saturated carbocycles. The Bertz CT molecular complexity index is 1080. The van der Waals surface area contributed by atoms with Crippen molar-refractivity contribution in [3.63, 3.8) is 0 Å². The van der Waals surface area contributed by atoms with E-state index in [2.05, 4.69) is 16.4 Å². The monoisotopic (exact) mass is 453 g/mol. The van der Waals surface area contributed by atoms with E-state index in [-0.39, 0.29) is 46.4 Å². The number of aromatic amines is 1. The zero-order valence-corrected chi connectivity index (χ0v) is 19.5. The van der Waals surface area contributed by atoms with E-state index >= 15 is 0 Å². The topological polar surface area (TPSA) is 103 Å². The first kappa shape index (κ1) is 24.6. The minimum atomic E-state index is -0.774. The highest BCUT2D eigenvalue weighted by atomic mass is 19.1. The van der Waals surface area contributed by atoms with E-state index in [1.165, 1.54) is 6.07 Å². The van der Waals surface area contributed by atoms with Gasteiger partial charge in [-0.3, -0.25) is 14.4 Å². The SMILES string of the molecule is CC(C)(C)CC(CC(=O)c1cc2cccc(F)c2[nH]1)C(=O)NC(C#N)CC1CCCCC1=O. The molecule has 1 aliphatic rings. The summed E-state index contributed by atoms with van der Waals surface area (Å²) >= 11 is 0. The average molecular weight is 454 g/mol. The molecule has 6 nitrogen and oxygen atoms in total. The summed E-state index contributed by atoms with van der Waals surface area (Å²) in [6.45, 7) is 5.95. The van der Waals surface area contributed by atoms with Gasteiger partial charge in [-0.05, 0) is 43.2 Å². The molecule has 3 rings (SSSR count). The zero-order chi connectivity index (χ0) is 24.2. The average Bonchev–Trinajstić information content (AvgIpc) is 3.19. The van der Waals surface area contributed by atoms with E-state index in [1.54, 1.807) is 18.2 Å². The molecule has 1 aliphatic carbocycles. The number of carbonyl (C=O) groups is 3. The third kappa shape index (κ3) is 6.50. The van der Waals surface area contributed by atoms with Crippen LogP contribution in [0, 0.1) is 34.4 Å². The number of Topliss-reactive ketones (excluding diaryl/α,β-unsaturated/α-hetero) is 2. The standard InChI is InChI=1S/C26H32FN3O3/c1-26(2,3)14-18(13-23(32)21-12-17-8-6-9-20(27)24(17)30-21)25(33)29-19(15-28)11-16-7-4-5-10-22(16)31/h6,8-9,12,16,18-19,30H,4-5,7,10-11,13-14H2,1-3H3,(H,29,33). The number of ketones is 2. The maximum Gasteiger partial charge on any atom is 0.224 e. The van der Waals surface area contributed by atoms with Gasteiger partial charge in [0.2, 0.25) is 5.91 Å². The Morgan fingerprint density at radius 1 is 1.30 bits per heavy atom. The van der Waals surface area contributed by atoms with Crippen LogP contribution in [0.4, 0.5) is 4.39 Å². The number of nitrogens with one attached hydrogen (secondary N) is 2. The minimum Gasteiger partial charge on any atom is -0.350 e. The van der Waals surface area contributed by atoms with Crippen LogP contribution in [0.2, 0.25) is 0 Å². The van der Waals surface area contributed by atoms with E-state index < -0.39 is 17.8 Å². The van der Waals surface area contributed by atoms with Crippen LogP contribution < -0.4 is 5.32 Å². The largest absolute Gasteiger partial charge is 0.350 e. The molecule has 33 heavy (non-hydrogen) atoms. The number of carbonyl (C=O) groups excluding carboxylic acids is 3. The third-order valence-electron chi connectivity index (χ3n) is 6.24. The van der Waals surface area contributed by atoms with Crippen molar-refractivity contribution in [3.05, 3.63) is 35.8 Å². The molecule has 1 fully saturated rings. The number of H-pyrrole nitrogens is 1. The van der Waals surface area contributed by atoms with Gasteiger partial charge < -0.3 is 10.3 Å². The normalized spacial score (nSPS) is 18.5. The summed E-state index contributed by atoms with van der Waals surface area (Å²) in [6.07, 6.45) is 3.80. The molecule has 3 atom stereocenters. The van der Waals surface area contributed by atoms with Gasteiger partial charge in [0.05, 0.1) is 17.3 Å². The summed E-state index contributed by atoms with van der Waals surface area (Å²) in [6, 6.07) is 7.55. The molecule has 1 amide bonds. The van der Waals surface area contributed by atoms with Crippen molar-refractivity contribution in [1.29, 1.82) is 5.26 Å². The van der Waals surface area contributed by atoms with E-state index in [1.807, 2.05) is 20.8 Å². The zero-order valence-electron chi connectivity index (χ0n) is 19.5. The van der Waals surface area contributed by atoms with Gasteiger partial charge >= 0.3 is 0 Å². The van der Waals surface area contributed by atoms with Crippen LogP contribution in [0.1, 0.15) is 76.2 Å². The Labute approximate surface area is 193 Å². The van der Waals surface area contributed by atoms with Crippen LogP contribution in [0.5, 0.6) is 0 Å². The molecule has 2 N–H and O–H groups in total. The smallest absolute Gasteiger partial charge is 0.224 e. The Hall–Kier alpha value is -3.01. The molecule has 0 saturated heterocycles. The lowest BCUT2D eigenvalue weighted by Gasteiger charge is -2.27. The molecular formula is C26H32FN3O3. The van der Waals surface area contributed by atoms with Gasteiger partial charge in [0.25, 0.3) is 0 Å². The van der Waals surface area contributed by atoms with Gasteiger partial charge in [-0.25, -0.2) is 4.39 Å². The number of para-hydroxylation sites is 1. The van der Waals surface area contributed by atoms with Crippen LogP contribution >= 0.6 is 0 Å². The second-order valence-electron chi connectivity index (χ2n) is 10.3. The van der Waals surface area contributed by atoms with Crippen molar-refractivity contribution in [2.24, 2.45) is 17.3 Å². The molecule has 3 unspecified atom stereocenters. The molecule has 2 aromatic rings. The highest BCUT2D eigenvalue weighted by Gasteiger charge is 2.31. The van der Waals surface area contributed by atoms with E-state index in [9.17, 15) is 24.0 Å². The number of nitrogens with zero attached hydrogens (tertiary/aromatic N) is 1. The fourth-order valence-electron chi connectivity index (χ4n) is 4.62. The summed E-state index contributed by atoms with van der Waals surface area (Å²) in [4.78, 5) is 41.1. The van der Waals surface area contributed by atoms with Crippen molar-refractivity contribution in [3.8, 4) is 6.07 Å². The molecule has 7 heteroatoms. The van der Waals surface area contributed by atoms with Gasteiger partial charge in [0, 0.05) is 30.1 Å². The highest BCUT2D eigenvalue weighted by molar-refractivity contribution is 6.01. The first-order chi connectivity index (χ1) is 15.6.